The van der Waals surface area contributed by atoms with Crippen LogP contribution in [0.5, 0.6) is 0 Å². The van der Waals surface area contributed by atoms with E-state index in [9.17, 15) is 4.79 Å². The Morgan fingerprint density at radius 2 is 2.17 bits per heavy atom. The van der Waals surface area contributed by atoms with E-state index in [4.69, 9.17) is 5.53 Å². The standard InChI is InChI=1S/C8H15N3O/c1-2-3-4-5-6-8(12)7-10-11-9/h2-7H2,1H3. The van der Waals surface area contributed by atoms with E-state index in [2.05, 4.69) is 16.9 Å². The second-order valence-electron chi connectivity index (χ2n) is 2.74. The monoisotopic (exact) mass is 169 g/mol. The normalized spacial score (nSPS) is 9.08. The zero-order valence-electron chi connectivity index (χ0n) is 7.49. The molecule has 4 nitrogen and oxygen atoms in total. The van der Waals surface area contributed by atoms with Crippen molar-refractivity contribution in [3.05, 3.63) is 10.4 Å². The minimum Gasteiger partial charge on any atom is -0.300 e. The molecule has 0 saturated carbocycles. The Bertz CT molecular complexity index is 173. The zero-order valence-corrected chi connectivity index (χ0v) is 7.49. The molecule has 0 radical (unpaired) electrons. The van der Waals surface area contributed by atoms with Gasteiger partial charge in [0.1, 0.15) is 5.78 Å². The van der Waals surface area contributed by atoms with Gasteiger partial charge in [0.05, 0.1) is 6.54 Å². The van der Waals surface area contributed by atoms with Gasteiger partial charge in [0.15, 0.2) is 0 Å². The molecule has 0 N–H and O–H groups in total. The predicted octanol–water partition coefficient (Wildman–Crippen LogP) is 2.84. The molecule has 0 aromatic heterocycles. The summed E-state index contributed by atoms with van der Waals surface area (Å²) in [6.07, 6.45) is 4.92. The molecule has 0 rings (SSSR count). The van der Waals surface area contributed by atoms with Gasteiger partial charge in [0, 0.05) is 11.3 Å². The number of hydrogen-bond acceptors (Lipinski definition) is 2. The Kier molecular flexibility index (Phi) is 7.39. The molecule has 0 atom stereocenters. The minimum atomic E-state index is 0.0165. The van der Waals surface area contributed by atoms with E-state index in [1.165, 1.54) is 12.8 Å². The highest BCUT2D eigenvalue weighted by molar-refractivity contribution is 5.80. The summed E-state index contributed by atoms with van der Waals surface area (Å²) in [5.74, 6) is 0.0453. The number of unbranched alkanes of at least 4 members (excludes halogenated alkanes) is 3. The number of azide groups is 1. The lowest BCUT2D eigenvalue weighted by Gasteiger charge is -1.96. The lowest BCUT2D eigenvalue weighted by Crippen LogP contribution is -2.00. The molecular formula is C8H15N3O. The fraction of sp³-hybridized carbons (Fsp3) is 0.875. The maximum absolute atomic E-state index is 10.9. The van der Waals surface area contributed by atoms with Crippen LogP contribution in [0.15, 0.2) is 5.11 Å². The molecule has 0 aliphatic carbocycles. The van der Waals surface area contributed by atoms with Gasteiger partial charge in [-0.25, -0.2) is 0 Å². The first kappa shape index (κ1) is 11.0. The topological polar surface area (TPSA) is 65.8 Å². The second kappa shape index (κ2) is 8.08. The van der Waals surface area contributed by atoms with Crippen molar-refractivity contribution in [2.45, 2.75) is 39.0 Å². The first-order valence-corrected chi connectivity index (χ1v) is 4.33. The quantitative estimate of drug-likeness (QED) is 0.250. The van der Waals surface area contributed by atoms with Gasteiger partial charge in [0.25, 0.3) is 0 Å². The number of Topliss-reactive ketones (excluding diaryl/α,β-unsaturated/α-hetero) is 1. The molecule has 0 bridgehead atoms. The molecule has 0 spiro atoms. The van der Waals surface area contributed by atoms with Gasteiger partial charge >= 0.3 is 0 Å². The predicted molar refractivity (Wildman–Crippen MR) is 47.8 cm³/mol. The molecule has 0 aliphatic heterocycles. The highest BCUT2D eigenvalue weighted by Gasteiger charge is 1.98. The van der Waals surface area contributed by atoms with Crippen LogP contribution in [0.2, 0.25) is 0 Å². The fourth-order valence-corrected chi connectivity index (χ4v) is 0.938. The summed E-state index contributed by atoms with van der Waals surface area (Å²) in [5.41, 5.74) is 7.93. The average molecular weight is 169 g/mol. The Balaban J connectivity index is 3.25. The van der Waals surface area contributed by atoms with Crippen LogP contribution in [0.1, 0.15) is 39.0 Å². The van der Waals surface area contributed by atoms with Crippen molar-refractivity contribution >= 4 is 5.78 Å². The number of nitrogens with zero attached hydrogens (tertiary/aromatic N) is 3. The van der Waals surface area contributed by atoms with E-state index in [1.807, 2.05) is 0 Å². The van der Waals surface area contributed by atoms with E-state index in [0.717, 1.165) is 12.8 Å². The summed E-state index contributed by atoms with van der Waals surface area (Å²) < 4.78 is 0. The van der Waals surface area contributed by atoms with Crippen LogP contribution < -0.4 is 0 Å². The minimum absolute atomic E-state index is 0.0165. The average Bonchev–Trinajstić information content (AvgIpc) is 2.09. The zero-order chi connectivity index (χ0) is 9.23. The molecular weight excluding hydrogens is 154 g/mol. The molecule has 0 aromatic rings. The molecule has 68 valence electrons. The second-order valence-corrected chi connectivity index (χ2v) is 2.74. The molecule has 4 heteroatoms. The van der Waals surface area contributed by atoms with Crippen molar-refractivity contribution < 1.29 is 4.79 Å². The van der Waals surface area contributed by atoms with Crippen LogP contribution in [0, 0.1) is 0 Å². The van der Waals surface area contributed by atoms with Crippen LogP contribution in [-0.2, 0) is 4.79 Å². The van der Waals surface area contributed by atoms with Gasteiger partial charge in [0.2, 0.25) is 0 Å². The number of hydrogen-bond donors (Lipinski definition) is 0. The smallest absolute Gasteiger partial charge is 0.138 e. The Morgan fingerprint density at radius 3 is 2.75 bits per heavy atom. The SMILES string of the molecule is CCCCCCC(=O)CN=[N+]=[N-]. The molecule has 0 amide bonds. The number of carbonyl (C=O) groups is 1. The molecule has 12 heavy (non-hydrogen) atoms. The van der Waals surface area contributed by atoms with Crippen molar-refractivity contribution in [2.24, 2.45) is 5.11 Å². The van der Waals surface area contributed by atoms with E-state index >= 15 is 0 Å². The van der Waals surface area contributed by atoms with E-state index in [1.54, 1.807) is 0 Å². The first-order valence-electron chi connectivity index (χ1n) is 4.33. The molecule has 0 saturated heterocycles. The van der Waals surface area contributed by atoms with Gasteiger partial charge in [-0.15, -0.1) is 0 Å². The summed E-state index contributed by atoms with van der Waals surface area (Å²) in [7, 11) is 0. The highest BCUT2D eigenvalue weighted by atomic mass is 16.1. The molecule has 0 unspecified atom stereocenters. The third-order valence-electron chi connectivity index (χ3n) is 1.62. The molecule has 0 fully saturated rings. The lowest BCUT2D eigenvalue weighted by atomic mass is 10.1. The maximum atomic E-state index is 10.9. The maximum Gasteiger partial charge on any atom is 0.138 e. The largest absolute Gasteiger partial charge is 0.300 e. The van der Waals surface area contributed by atoms with Crippen LogP contribution in [0.3, 0.4) is 0 Å². The Labute approximate surface area is 72.6 Å². The summed E-state index contributed by atoms with van der Waals surface area (Å²) in [5, 5.41) is 3.20. The van der Waals surface area contributed by atoms with Crippen molar-refractivity contribution in [1.29, 1.82) is 0 Å². The number of ketones is 1. The van der Waals surface area contributed by atoms with Gasteiger partial charge in [-0.05, 0) is 12.0 Å². The number of rotatable bonds is 7. The third kappa shape index (κ3) is 7.09. The van der Waals surface area contributed by atoms with Gasteiger partial charge in [-0.1, -0.05) is 31.3 Å². The number of carbonyl (C=O) groups excluding carboxylic acids is 1. The first-order chi connectivity index (χ1) is 5.81. The van der Waals surface area contributed by atoms with Crippen molar-refractivity contribution in [2.75, 3.05) is 6.54 Å². The fourth-order valence-electron chi connectivity index (χ4n) is 0.938. The van der Waals surface area contributed by atoms with E-state index in [0.29, 0.717) is 6.42 Å². The van der Waals surface area contributed by atoms with Gasteiger partial charge < -0.3 is 0 Å². The van der Waals surface area contributed by atoms with Crippen molar-refractivity contribution in [3.63, 3.8) is 0 Å². The summed E-state index contributed by atoms with van der Waals surface area (Å²) in [4.78, 5) is 13.4. The highest BCUT2D eigenvalue weighted by Crippen LogP contribution is 2.02. The molecule has 0 heterocycles. The molecule has 0 aliphatic rings. The van der Waals surface area contributed by atoms with Crippen LogP contribution in [0.25, 0.3) is 10.4 Å². The Hall–Kier alpha value is -1.02. The summed E-state index contributed by atoms with van der Waals surface area (Å²) in [6.45, 7) is 2.14. The van der Waals surface area contributed by atoms with E-state index in [-0.39, 0.29) is 12.3 Å². The van der Waals surface area contributed by atoms with Crippen LogP contribution >= 0.6 is 0 Å². The van der Waals surface area contributed by atoms with Crippen LogP contribution in [0.4, 0.5) is 0 Å². The van der Waals surface area contributed by atoms with Crippen LogP contribution in [-0.4, -0.2) is 12.3 Å². The summed E-state index contributed by atoms with van der Waals surface area (Å²) in [6, 6.07) is 0. The third-order valence-corrected chi connectivity index (χ3v) is 1.62. The van der Waals surface area contributed by atoms with E-state index < -0.39 is 0 Å². The van der Waals surface area contributed by atoms with Gasteiger partial charge in [-0.3, -0.25) is 4.79 Å². The van der Waals surface area contributed by atoms with Gasteiger partial charge in [-0.2, -0.15) is 0 Å². The lowest BCUT2D eigenvalue weighted by molar-refractivity contribution is -0.117. The van der Waals surface area contributed by atoms with Crippen molar-refractivity contribution in [3.8, 4) is 0 Å². The Morgan fingerprint density at radius 1 is 1.42 bits per heavy atom. The summed E-state index contributed by atoms with van der Waals surface area (Å²) >= 11 is 0. The molecule has 0 aromatic carbocycles. The van der Waals surface area contributed by atoms with Crippen molar-refractivity contribution in [1.82, 2.24) is 0 Å².